The van der Waals surface area contributed by atoms with Crippen molar-refractivity contribution in [2.24, 2.45) is 5.92 Å². The number of halogens is 1. The minimum Gasteiger partial charge on any atom is -0.381 e. The van der Waals surface area contributed by atoms with Gasteiger partial charge in [0.05, 0.1) is 12.5 Å². The summed E-state index contributed by atoms with van der Waals surface area (Å²) < 4.78 is 5.19. The second-order valence-corrected chi connectivity index (χ2v) is 4.50. The first-order valence-corrected chi connectivity index (χ1v) is 6.32. The fraction of sp³-hybridized carbons (Fsp3) is 0.462. The molecule has 2 rings (SSSR count). The molecule has 1 heterocycles. The van der Waals surface area contributed by atoms with Gasteiger partial charge in [-0.15, -0.1) is 11.6 Å². The maximum absolute atomic E-state index is 11.7. The number of carbonyl (C=O) groups is 1. The Morgan fingerprint density at radius 3 is 2.65 bits per heavy atom. The van der Waals surface area contributed by atoms with Crippen LogP contribution < -0.4 is 5.32 Å². The molecule has 1 aromatic rings. The molecular weight excluding hydrogens is 238 g/mol. The van der Waals surface area contributed by atoms with Crippen molar-refractivity contribution in [2.75, 3.05) is 13.2 Å². The summed E-state index contributed by atoms with van der Waals surface area (Å²) in [5.74, 6) is 0.632. The third kappa shape index (κ3) is 3.45. The van der Waals surface area contributed by atoms with Gasteiger partial charge in [-0.2, -0.15) is 0 Å². The Hall–Kier alpha value is -1.06. The Labute approximate surface area is 106 Å². The van der Waals surface area contributed by atoms with Gasteiger partial charge in [-0.05, 0) is 17.5 Å². The molecular formula is C13H16ClNO2. The molecule has 1 atom stereocenters. The molecule has 0 aliphatic carbocycles. The van der Waals surface area contributed by atoms with Crippen LogP contribution in [-0.2, 0) is 22.0 Å². The summed E-state index contributed by atoms with van der Waals surface area (Å²) in [6.45, 7) is 1.82. The van der Waals surface area contributed by atoms with Crippen LogP contribution in [0.15, 0.2) is 24.3 Å². The first-order chi connectivity index (χ1) is 8.29. The van der Waals surface area contributed by atoms with Gasteiger partial charge in [-0.25, -0.2) is 0 Å². The molecule has 1 unspecified atom stereocenters. The highest BCUT2D eigenvalue weighted by molar-refractivity contribution is 6.17. The van der Waals surface area contributed by atoms with Crippen LogP contribution in [0.25, 0.3) is 0 Å². The van der Waals surface area contributed by atoms with E-state index in [9.17, 15) is 4.79 Å². The maximum atomic E-state index is 11.7. The summed E-state index contributed by atoms with van der Waals surface area (Å²) in [5.41, 5.74) is 2.18. The summed E-state index contributed by atoms with van der Waals surface area (Å²) in [5, 5.41) is 2.93. The SMILES string of the molecule is O=C(NCc1ccc(CCl)cc1)C1CCOC1. The topological polar surface area (TPSA) is 38.3 Å². The van der Waals surface area contributed by atoms with Crippen molar-refractivity contribution >= 4 is 17.5 Å². The Kier molecular flexibility index (Phi) is 4.40. The van der Waals surface area contributed by atoms with Crippen LogP contribution in [0.4, 0.5) is 0 Å². The van der Waals surface area contributed by atoms with Gasteiger partial charge in [0.15, 0.2) is 0 Å². The Balaban J connectivity index is 1.82. The molecule has 0 aromatic heterocycles. The Morgan fingerprint density at radius 1 is 1.35 bits per heavy atom. The van der Waals surface area contributed by atoms with E-state index in [4.69, 9.17) is 16.3 Å². The number of amides is 1. The lowest BCUT2D eigenvalue weighted by molar-refractivity contribution is -0.125. The lowest BCUT2D eigenvalue weighted by Crippen LogP contribution is -2.30. The van der Waals surface area contributed by atoms with E-state index < -0.39 is 0 Å². The third-order valence-electron chi connectivity index (χ3n) is 2.94. The Morgan fingerprint density at radius 2 is 2.06 bits per heavy atom. The van der Waals surface area contributed by atoms with E-state index in [1.165, 1.54) is 0 Å². The predicted molar refractivity (Wildman–Crippen MR) is 66.8 cm³/mol. The van der Waals surface area contributed by atoms with Crippen LogP contribution >= 0.6 is 11.6 Å². The molecule has 17 heavy (non-hydrogen) atoms. The van der Waals surface area contributed by atoms with Crippen LogP contribution in [-0.4, -0.2) is 19.1 Å². The highest BCUT2D eigenvalue weighted by atomic mass is 35.5. The maximum Gasteiger partial charge on any atom is 0.225 e. The Bertz CT molecular complexity index is 372. The molecule has 1 aliphatic heterocycles. The minimum absolute atomic E-state index is 0.0251. The fourth-order valence-corrected chi connectivity index (χ4v) is 2.00. The molecule has 1 aliphatic rings. The van der Waals surface area contributed by atoms with Crippen molar-refractivity contribution in [1.82, 2.24) is 5.32 Å². The van der Waals surface area contributed by atoms with Crippen molar-refractivity contribution < 1.29 is 9.53 Å². The van der Waals surface area contributed by atoms with E-state index in [0.717, 1.165) is 17.5 Å². The van der Waals surface area contributed by atoms with Crippen molar-refractivity contribution in [3.8, 4) is 0 Å². The normalized spacial score (nSPS) is 19.2. The summed E-state index contributed by atoms with van der Waals surface area (Å²) in [7, 11) is 0. The van der Waals surface area contributed by atoms with E-state index in [-0.39, 0.29) is 11.8 Å². The van der Waals surface area contributed by atoms with Crippen LogP contribution in [0.1, 0.15) is 17.5 Å². The summed E-state index contributed by atoms with van der Waals surface area (Å²) >= 11 is 5.71. The van der Waals surface area contributed by atoms with E-state index in [0.29, 0.717) is 25.6 Å². The fourth-order valence-electron chi connectivity index (χ4n) is 1.82. The molecule has 1 fully saturated rings. The number of nitrogens with one attached hydrogen (secondary N) is 1. The number of ether oxygens (including phenoxy) is 1. The number of hydrogen-bond acceptors (Lipinski definition) is 2. The number of hydrogen-bond donors (Lipinski definition) is 1. The molecule has 0 radical (unpaired) electrons. The number of alkyl halides is 1. The number of benzene rings is 1. The summed E-state index contributed by atoms with van der Waals surface area (Å²) in [6, 6.07) is 7.94. The quantitative estimate of drug-likeness (QED) is 0.835. The zero-order valence-electron chi connectivity index (χ0n) is 9.62. The average molecular weight is 254 g/mol. The first-order valence-electron chi connectivity index (χ1n) is 5.79. The number of carbonyl (C=O) groups excluding carboxylic acids is 1. The summed E-state index contributed by atoms with van der Waals surface area (Å²) in [4.78, 5) is 11.7. The van der Waals surface area contributed by atoms with Gasteiger partial charge < -0.3 is 10.1 Å². The zero-order valence-corrected chi connectivity index (χ0v) is 10.4. The molecule has 1 aromatic carbocycles. The molecule has 1 amide bonds. The zero-order chi connectivity index (χ0) is 12.1. The average Bonchev–Trinajstić information content (AvgIpc) is 2.90. The monoisotopic (exact) mass is 253 g/mol. The van der Waals surface area contributed by atoms with Gasteiger partial charge in [0.25, 0.3) is 0 Å². The van der Waals surface area contributed by atoms with E-state index in [1.807, 2.05) is 24.3 Å². The summed E-state index contributed by atoms with van der Waals surface area (Å²) in [6.07, 6.45) is 0.830. The standard InChI is InChI=1S/C13H16ClNO2/c14-7-10-1-3-11(4-2-10)8-15-13(16)12-5-6-17-9-12/h1-4,12H,5-9H2,(H,15,16). The molecule has 1 saturated heterocycles. The van der Waals surface area contributed by atoms with E-state index in [1.54, 1.807) is 0 Å². The molecule has 1 N–H and O–H groups in total. The molecule has 92 valence electrons. The first kappa shape index (κ1) is 12.4. The second kappa shape index (κ2) is 6.03. The van der Waals surface area contributed by atoms with Gasteiger partial charge in [-0.3, -0.25) is 4.79 Å². The second-order valence-electron chi connectivity index (χ2n) is 4.23. The predicted octanol–water partition coefficient (Wildman–Crippen LogP) is 2.08. The number of rotatable bonds is 4. The van der Waals surface area contributed by atoms with Crippen molar-refractivity contribution in [1.29, 1.82) is 0 Å². The van der Waals surface area contributed by atoms with Crippen LogP contribution in [0, 0.1) is 5.92 Å². The smallest absolute Gasteiger partial charge is 0.225 e. The van der Waals surface area contributed by atoms with Crippen LogP contribution in [0.3, 0.4) is 0 Å². The molecule has 0 bridgehead atoms. The molecule has 0 spiro atoms. The van der Waals surface area contributed by atoms with Crippen molar-refractivity contribution in [2.45, 2.75) is 18.8 Å². The molecule has 4 heteroatoms. The molecule has 3 nitrogen and oxygen atoms in total. The third-order valence-corrected chi connectivity index (χ3v) is 3.25. The van der Waals surface area contributed by atoms with Crippen LogP contribution in [0.5, 0.6) is 0 Å². The van der Waals surface area contributed by atoms with Gasteiger partial charge in [0.2, 0.25) is 5.91 Å². The molecule has 0 saturated carbocycles. The minimum atomic E-state index is 0.0251. The van der Waals surface area contributed by atoms with Gasteiger partial charge in [-0.1, -0.05) is 24.3 Å². The van der Waals surface area contributed by atoms with Crippen molar-refractivity contribution in [3.05, 3.63) is 35.4 Å². The van der Waals surface area contributed by atoms with Gasteiger partial charge in [0, 0.05) is 19.0 Å². The highest BCUT2D eigenvalue weighted by Crippen LogP contribution is 2.12. The van der Waals surface area contributed by atoms with Gasteiger partial charge >= 0.3 is 0 Å². The lowest BCUT2D eigenvalue weighted by atomic mass is 10.1. The largest absolute Gasteiger partial charge is 0.381 e. The van der Waals surface area contributed by atoms with E-state index in [2.05, 4.69) is 5.32 Å². The van der Waals surface area contributed by atoms with E-state index >= 15 is 0 Å². The highest BCUT2D eigenvalue weighted by Gasteiger charge is 2.22. The lowest BCUT2D eigenvalue weighted by Gasteiger charge is -2.09. The van der Waals surface area contributed by atoms with Crippen LogP contribution in [0.2, 0.25) is 0 Å². The van der Waals surface area contributed by atoms with Gasteiger partial charge in [0.1, 0.15) is 0 Å². The van der Waals surface area contributed by atoms with Crippen molar-refractivity contribution in [3.63, 3.8) is 0 Å².